The van der Waals surface area contributed by atoms with Gasteiger partial charge in [-0.15, -0.1) is 0 Å². The molecule has 0 radical (unpaired) electrons. The zero-order valence-electron chi connectivity index (χ0n) is 17.1. The number of morpholine rings is 1. The van der Waals surface area contributed by atoms with E-state index >= 15 is 0 Å². The zero-order chi connectivity index (χ0) is 20.2. The number of anilines is 1. The van der Waals surface area contributed by atoms with Crippen LogP contribution < -0.4 is 10.2 Å². The molecule has 3 heterocycles. The quantitative estimate of drug-likeness (QED) is 0.699. The first-order chi connectivity index (χ1) is 14.1. The molecule has 1 aliphatic rings. The van der Waals surface area contributed by atoms with E-state index in [4.69, 9.17) is 9.72 Å². The number of carbonyl (C=O) groups is 1. The number of pyridine rings is 1. The van der Waals surface area contributed by atoms with Crippen LogP contribution in [-0.4, -0.2) is 41.8 Å². The summed E-state index contributed by atoms with van der Waals surface area (Å²) in [6.45, 7) is 8.27. The van der Waals surface area contributed by atoms with Crippen LogP contribution in [0.5, 0.6) is 0 Å². The highest BCUT2D eigenvalue weighted by atomic mass is 16.5. The number of carbonyl (C=O) groups excluding carboxylic acids is 1. The summed E-state index contributed by atoms with van der Waals surface area (Å²) in [7, 11) is 0. The van der Waals surface area contributed by atoms with E-state index < -0.39 is 0 Å². The standard InChI is InChI=1S/C23H28N4O2/c1-17(2)19-5-3-18(4-6-19)15-24-22(28)16-27-10-9-20-7-8-21(25-23(20)27)26-11-13-29-14-12-26/h3-10,17H,11-16H2,1-2H3,(H,24,28). The minimum Gasteiger partial charge on any atom is -0.378 e. The SMILES string of the molecule is CC(C)c1ccc(CNC(=O)Cn2ccc3ccc(N4CCOCC4)nc32)cc1. The number of hydrogen-bond donors (Lipinski definition) is 1. The monoisotopic (exact) mass is 392 g/mol. The highest BCUT2D eigenvalue weighted by Crippen LogP contribution is 2.20. The number of nitrogens with zero attached hydrogens (tertiary/aromatic N) is 3. The minimum absolute atomic E-state index is 0.0194. The molecule has 4 rings (SSSR count). The third kappa shape index (κ3) is 4.59. The van der Waals surface area contributed by atoms with Crippen molar-refractivity contribution in [2.24, 2.45) is 0 Å². The van der Waals surface area contributed by atoms with E-state index in [2.05, 4.69) is 54.4 Å². The lowest BCUT2D eigenvalue weighted by Gasteiger charge is -2.27. The van der Waals surface area contributed by atoms with Gasteiger partial charge in [-0.3, -0.25) is 4.79 Å². The van der Waals surface area contributed by atoms with E-state index in [-0.39, 0.29) is 12.5 Å². The molecule has 3 aromatic rings. The lowest BCUT2D eigenvalue weighted by molar-refractivity contribution is -0.121. The second kappa shape index (κ2) is 8.66. The Hall–Kier alpha value is -2.86. The van der Waals surface area contributed by atoms with Crippen LogP contribution >= 0.6 is 0 Å². The molecule has 1 aliphatic heterocycles. The molecule has 29 heavy (non-hydrogen) atoms. The van der Waals surface area contributed by atoms with Crippen LogP contribution in [-0.2, 0) is 22.6 Å². The van der Waals surface area contributed by atoms with Crippen molar-refractivity contribution in [2.75, 3.05) is 31.2 Å². The summed E-state index contributed by atoms with van der Waals surface area (Å²) in [4.78, 5) is 19.5. The average Bonchev–Trinajstić information content (AvgIpc) is 3.15. The van der Waals surface area contributed by atoms with Crippen molar-refractivity contribution < 1.29 is 9.53 Å². The maximum absolute atomic E-state index is 12.5. The van der Waals surface area contributed by atoms with Gasteiger partial charge in [0.2, 0.25) is 5.91 Å². The van der Waals surface area contributed by atoms with Gasteiger partial charge in [0.05, 0.1) is 13.2 Å². The molecule has 1 N–H and O–H groups in total. The van der Waals surface area contributed by atoms with Gasteiger partial charge in [0.15, 0.2) is 0 Å². The van der Waals surface area contributed by atoms with Crippen molar-refractivity contribution in [1.82, 2.24) is 14.9 Å². The maximum Gasteiger partial charge on any atom is 0.240 e. The van der Waals surface area contributed by atoms with Gasteiger partial charge >= 0.3 is 0 Å². The third-order valence-corrected chi connectivity index (χ3v) is 5.38. The highest BCUT2D eigenvalue weighted by molar-refractivity contribution is 5.82. The Labute approximate surface area is 171 Å². The lowest BCUT2D eigenvalue weighted by Crippen LogP contribution is -2.36. The van der Waals surface area contributed by atoms with Crippen LogP contribution in [0.25, 0.3) is 11.0 Å². The van der Waals surface area contributed by atoms with Crippen molar-refractivity contribution in [3.63, 3.8) is 0 Å². The Morgan fingerprint density at radius 2 is 1.86 bits per heavy atom. The third-order valence-electron chi connectivity index (χ3n) is 5.38. The predicted octanol–water partition coefficient (Wildman–Crippen LogP) is 3.31. The fourth-order valence-corrected chi connectivity index (χ4v) is 3.58. The number of nitrogens with one attached hydrogen (secondary N) is 1. The molecule has 0 spiro atoms. The fraction of sp³-hybridized carbons (Fsp3) is 0.391. The molecule has 0 bridgehead atoms. The number of aromatic nitrogens is 2. The normalized spacial score (nSPS) is 14.5. The number of hydrogen-bond acceptors (Lipinski definition) is 4. The Balaban J connectivity index is 1.40. The molecule has 1 saturated heterocycles. The van der Waals surface area contributed by atoms with Crippen LogP contribution in [0.15, 0.2) is 48.7 Å². The van der Waals surface area contributed by atoms with E-state index in [0.29, 0.717) is 12.5 Å². The number of amides is 1. The van der Waals surface area contributed by atoms with E-state index in [1.807, 2.05) is 22.9 Å². The van der Waals surface area contributed by atoms with E-state index in [0.717, 1.165) is 48.7 Å². The summed E-state index contributed by atoms with van der Waals surface area (Å²) in [6, 6.07) is 14.5. The Morgan fingerprint density at radius 3 is 2.59 bits per heavy atom. The largest absolute Gasteiger partial charge is 0.378 e. The first kappa shape index (κ1) is 19.5. The molecular weight excluding hydrogens is 364 g/mol. The Kier molecular flexibility index (Phi) is 5.81. The van der Waals surface area contributed by atoms with Crippen LogP contribution in [0, 0.1) is 0 Å². The number of benzene rings is 1. The molecule has 1 aromatic carbocycles. The minimum atomic E-state index is -0.0194. The van der Waals surface area contributed by atoms with Crippen molar-refractivity contribution >= 4 is 22.8 Å². The van der Waals surface area contributed by atoms with Gasteiger partial charge in [-0.05, 0) is 35.2 Å². The smallest absolute Gasteiger partial charge is 0.240 e. The van der Waals surface area contributed by atoms with Crippen molar-refractivity contribution in [3.05, 3.63) is 59.8 Å². The van der Waals surface area contributed by atoms with Crippen LogP contribution in [0.2, 0.25) is 0 Å². The molecule has 152 valence electrons. The Morgan fingerprint density at radius 1 is 1.10 bits per heavy atom. The molecule has 0 aliphatic carbocycles. The fourth-order valence-electron chi connectivity index (χ4n) is 3.58. The molecule has 0 atom stereocenters. The van der Waals surface area contributed by atoms with E-state index in [9.17, 15) is 4.79 Å². The van der Waals surface area contributed by atoms with Gasteiger partial charge < -0.3 is 19.5 Å². The summed E-state index contributed by atoms with van der Waals surface area (Å²) in [5.74, 6) is 1.43. The molecule has 6 heteroatoms. The van der Waals surface area contributed by atoms with Crippen LogP contribution in [0.1, 0.15) is 30.9 Å². The van der Waals surface area contributed by atoms with Crippen molar-refractivity contribution in [3.8, 4) is 0 Å². The van der Waals surface area contributed by atoms with Crippen molar-refractivity contribution in [1.29, 1.82) is 0 Å². The summed E-state index contributed by atoms with van der Waals surface area (Å²) < 4.78 is 7.34. The molecule has 0 unspecified atom stereocenters. The molecule has 0 saturated carbocycles. The number of ether oxygens (including phenoxy) is 1. The summed E-state index contributed by atoms with van der Waals surface area (Å²) in [5.41, 5.74) is 3.25. The van der Waals surface area contributed by atoms with Gasteiger partial charge in [0.25, 0.3) is 0 Å². The first-order valence-corrected chi connectivity index (χ1v) is 10.2. The molecule has 2 aromatic heterocycles. The average molecular weight is 393 g/mol. The number of fused-ring (bicyclic) bond motifs is 1. The lowest BCUT2D eigenvalue weighted by atomic mass is 10.0. The summed E-state index contributed by atoms with van der Waals surface area (Å²) in [6.07, 6.45) is 1.93. The zero-order valence-corrected chi connectivity index (χ0v) is 17.1. The van der Waals surface area contributed by atoms with Gasteiger partial charge in [-0.1, -0.05) is 38.1 Å². The van der Waals surface area contributed by atoms with Crippen LogP contribution in [0.3, 0.4) is 0 Å². The molecule has 6 nitrogen and oxygen atoms in total. The van der Waals surface area contributed by atoms with Crippen molar-refractivity contribution in [2.45, 2.75) is 32.9 Å². The maximum atomic E-state index is 12.5. The molecular formula is C23H28N4O2. The second-order valence-corrected chi connectivity index (χ2v) is 7.80. The van der Waals surface area contributed by atoms with Gasteiger partial charge in [0.1, 0.15) is 18.0 Å². The summed E-state index contributed by atoms with van der Waals surface area (Å²) in [5, 5.41) is 4.05. The van der Waals surface area contributed by atoms with Gasteiger partial charge in [-0.25, -0.2) is 4.98 Å². The molecule has 1 amide bonds. The topological polar surface area (TPSA) is 59.4 Å². The Bertz CT molecular complexity index is 972. The number of rotatable bonds is 6. The van der Waals surface area contributed by atoms with E-state index in [1.165, 1.54) is 5.56 Å². The van der Waals surface area contributed by atoms with E-state index in [1.54, 1.807) is 0 Å². The van der Waals surface area contributed by atoms with Gasteiger partial charge in [0, 0.05) is 31.2 Å². The first-order valence-electron chi connectivity index (χ1n) is 10.2. The van der Waals surface area contributed by atoms with Crippen LogP contribution in [0.4, 0.5) is 5.82 Å². The summed E-state index contributed by atoms with van der Waals surface area (Å²) >= 11 is 0. The molecule has 1 fully saturated rings. The highest BCUT2D eigenvalue weighted by Gasteiger charge is 2.14. The second-order valence-electron chi connectivity index (χ2n) is 7.80. The predicted molar refractivity (Wildman–Crippen MR) is 115 cm³/mol. The van der Waals surface area contributed by atoms with Gasteiger partial charge in [-0.2, -0.15) is 0 Å².